The molecule has 144 valence electrons. The summed E-state index contributed by atoms with van der Waals surface area (Å²) in [7, 11) is 0. The zero-order chi connectivity index (χ0) is 19.6. The van der Waals surface area contributed by atoms with E-state index in [-0.39, 0.29) is 18.3 Å². The maximum atomic E-state index is 13.3. The molecule has 0 saturated carbocycles. The summed E-state index contributed by atoms with van der Waals surface area (Å²) in [6, 6.07) is 13.1. The highest BCUT2D eigenvalue weighted by Gasteiger charge is 2.44. The summed E-state index contributed by atoms with van der Waals surface area (Å²) in [5, 5.41) is 10.6. The number of nitrogens with zero attached hydrogens (tertiary/aromatic N) is 1. The molecule has 1 N–H and O–H groups in total. The average Bonchev–Trinajstić information content (AvgIpc) is 2.62. The van der Waals surface area contributed by atoms with Gasteiger partial charge in [0.1, 0.15) is 11.4 Å². The summed E-state index contributed by atoms with van der Waals surface area (Å²) in [5.74, 6) is -0.355. The molecule has 0 radical (unpaired) electrons. The maximum absolute atomic E-state index is 13.3. The van der Waals surface area contributed by atoms with Gasteiger partial charge in [-0.15, -0.1) is 0 Å². The maximum Gasteiger partial charge on any atom is 0.411 e. The second-order valence-electron chi connectivity index (χ2n) is 7.09. The van der Waals surface area contributed by atoms with Gasteiger partial charge in [0.15, 0.2) is 0 Å². The first kappa shape index (κ1) is 19.6. The van der Waals surface area contributed by atoms with Crippen LogP contribution in [-0.2, 0) is 10.3 Å². The van der Waals surface area contributed by atoms with Crippen LogP contribution in [0.1, 0.15) is 43.9 Å². The second-order valence-corrected chi connectivity index (χ2v) is 7.53. The summed E-state index contributed by atoms with van der Waals surface area (Å²) < 4.78 is 19.2. The third-order valence-corrected chi connectivity index (χ3v) is 5.34. The summed E-state index contributed by atoms with van der Waals surface area (Å²) >= 11 is 5.94. The van der Waals surface area contributed by atoms with Crippen LogP contribution >= 0.6 is 11.6 Å². The number of rotatable bonds is 5. The van der Waals surface area contributed by atoms with Gasteiger partial charge in [-0.25, -0.2) is 9.18 Å². The van der Waals surface area contributed by atoms with Crippen molar-refractivity contribution in [3.05, 3.63) is 70.5 Å². The fourth-order valence-electron chi connectivity index (χ4n) is 3.64. The molecular formula is C21H23ClFNO3. The standard InChI is InChI=1S/C21H23ClFNO3/c1-14(25)13-21(17-5-9-19(23)10-6-17)11-12-24(20(26)27-21)15(2)16-3-7-18(22)8-4-16/h3-10,14-15,25H,11-13H2,1-2H3/t14-,15-,21-/m0/s1. The van der Waals surface area contributed by atoms with Crippen molar-refractivity contribution in [1.29, 1.82) is 0 Å². The third-order valence-electron chi connectivity index (χ3n) is 5.09. The molecule has 0 bridgehead atoms. The van der Waals surface area contributed by atoms with Crippen LogP contribution in [0.3, 0.4) is 0 Å². The Balaban J connectivity index is 1.84. The van der Waals surface area contributed by atoms with Gasteiger partial charge in [0, 0.05) is 24.4 Å². The minimum Gasteiger partial charge on any atom is -0.438 e. The van der Waals surface area contributed by atoms with Gasteiger partial charge in [0.05, 0.1) is 12.1 Å². The number of halogens is 2. The zero-order valence-electron chi connectivity index (χ0n) is 15.4. The minimum absolute atomic E-state index is 0.174. The van der Waals surface area contributed by atoms with Gasteiger partial charge >= 0.3 is 6.09 Å². The van der Waals surface area contributed by atoms with Crippen molar-refractivity contribution >= 4 is 17.7 Å². The smallest absolute Gasteiger partial charge is 0.411 e. The highest BCUT2D eigenvalue weighted by atomic mass is 35.5. The zero-order valence-corrected chi connectivity index (χ0v) is 16.1. The number of cyclic esters (lactones) is 1. The molecule has 0 aromatic heterocycles. The lowest BCUT2D eigenvalue weighted by Gasteiger charge is -2.44. The van der Waals surface area contributed by atoms with Gasteiger partial charge in [-0.2, -0.15) is 0 Å². The van der Waals surface area contributed by atoms with E-state index in [1.54, 1.807) is 36.1 Å². The van der Waals surface area contributed by atoms with Gasteiger partial charge in [-0.05, 0) is 49.2 Å². The number of carbonyl (C=O) groups is 1. The highest BCUT2D eigenvalue weighted by Crippen LogP contribution is 2.40. The van der Waals surface area contributed by atoms with Crippen molar-refractivity contribution in [2.24, 2.45) is 0 Å². The molecule has 2 aromatic rings. The van der Waals surface area contributed by atoms with Crippen LogP contribution in [0.25, 0.3) is 0 Å². The van der Waals surface area contributed by atoms with E-state index >= 15 is 0 Å². The topological polar surface area (TPSA) is 49.8 Å². The number of ether oxygens (including phenoxy) is 1. The summed E-state index contributed by atoms with van der Waals surface area (Å²) in [6.45, 7) is 4.05. The summed E-state index contributed by atoms with van der Waals surface area (Å²) in [6.07, 6.45) is -0.349. The molecule has 0 aliphatic carbocycles. The fraction of sp³-hybridized carbons (Fsp3) is 0.381. The number of carbonyl (C=O) groups excluding carboxylic acids is 1. The molecule has 1 saturated heterocycles. The van der Waals surface area contributed by atoms with Crippen molar-refractivity contribution in [1.82, 2.24) is 4.90 Å². The van der Waals surface area contributed by atoms with Crippen LogP contribution in [0, 0.1) is 5.82 Å². The minimum atomic E-state index is -0.963. The quantitative estimate of drug-likeness (QED) is 0.776. The Morgan fingerprint density at radius 2 is 1.81 bits per heavy atom. The van der Waals surface area contributed by atoms with Crippen molar-refractivity contribution in [3.8, 4) is 0 Å². The van der Waals surface area contributed by atoms with E-state index in [1.807, 2.05) is 19.1 Å². The summed E-state index contributed by atoms with van der Waals surface area (Å²) in [5.41, 5.74) is 0.688. The molecule has 1 heterocycles. The first-order chi connectivity index (χ1) is 12.8. The number of hydrogen-bond donors (Lipinski definition) is 1. The van der Waals surface area contributed by atoms with Crippen molar-refractivity contribution in [2.45, 2.75) is 44.4 Å². The molecule has 1 aliphatic rings. The van der Waals surface area contributed by atoms with E-state index < -0.39 is 17.8 Å². The van der Waals surface area contributed by atoms with E-state index in [0.29, 0.717) is 23.6 Å². The molecule has 3 atom stereocenters. The van der Waals surface area contributed by atoms with Crippen LogP contribution in [0.15, 0.2) is 48.5 Å². The van der Waals surface area contributed by atoms with E-state index in [2.05, 4.69) is 0 Å². The molecule has 0 spiro atoms. The molecule has 27 heavy (non-hydrogen) atoms. The van der Waals surface area contributed by atoms with Crippen molar-refractivity contribution < 1.29 is 19.0 Å². The first-order valence-electron chi connectivity index (χ1n) is 9.00. The van der Waals surface area contributed by atoms with E-state index in [4.69, 9.17) is 16.3 Å². The number of benzene rings is 2. The number of hydrogen-bond acceptors (Lipinski definition) is 3. The Kier molecular flexibility index (Phi) is 5.72. The van der Waals surface area contributed by atoms with Crippen LogP contribution in [-0.4, -0.2) is 28.7 Å². The monoisotopic (exact) mass is 391 g/mol. The molecule has 1 aliphatic heterocycles. The highest BCUT2D eigenvalue weighted by molar-refractivity contribution is 6.30. The number of aliphatic hydroxyl groups is 1. The molecule has 3 rings (SSSR count). The van der Waals surface area contributed by atoms with Gasteiger partial charge in [-0.1, -0.05) is 35.9 Å². The van der Waals surface area contributed by atoms with Crippen LogP contribution in [0.4, 0.5) is 9.18 Å². The van der Waals surface area contributed by atoms with Crippen molar-refractivity contribution in [3.63, 3.8) is 0 Å². The average molecular weight is 392 g/mol. The second kappa shape index (κ2) is 7.87. The Bertz CT molecular complexity index is 794. The molecule has 4 nitrogen and oxygen atoms in total. The molecule has 1 fully saturated rings. The Hall–Kier alpha value is -2.11. The predicted molar refractivity (Wildman–Crippen MR) is 102 cm³/mol. The molecular weight excluding hydrogens is 369 g/mol. The van der Waals surface area contributed by atoms with Crippen LogP contribution in [0.5, 0.6) is 0 Å². The Morgan fingerprint density at radius 1 is 1.19 bits per heavy atom. The van der Waals surface area contributed by atoms with Crippen LogP contribution in [0.2, 0.25) is 5.02 Å². The third kappa shape index (κ3) is 4.25. The van der Waals surface area contributed by atoms with Gasteiger partial charge < -0.3 is 14.7 Å². The lowest BCUT2D eigenvalue weighted by atomic mass is 9.84. The lowest BCUT2D eigenvalue weighted by Crippen LogP contribution is -2.49. The van der Waals surface area contributed by atoms with E-state index in [1.165, 1.54) is 12.1 Å². The van der Waals surface area contributed by atoms with E-state index in [9.17, 15) is 14.3 Å². The summed E-state index contributed by atoms with van der Waals surface area (Å²) in [4.78, 5) is 14.5. The predicted octanol–water partition coefficient (Wildman–Crippen LogP) is 5.05. The molecule has 2 aromatic carbocycles. The normalized spacial score (nSPS) is 22.3. The molecule has 0 unspecified atom stereocenters. The van der Waals surface area contributed by atoms with Crippen molar-refractivity contribution in [2.75, 3.05) is 6.54 Å². The first-order valence-corrected chi connectivity index (χ1v) is 9.38. The number of amides is 1. The number of aliphatic hydroxyl groups excluding tert-OH is 1. The molecule has 1 amide bonds. The van der Waals surface area contributed by atoms with Gasteiger partial charge in [-0.3, -0.25) is 0 Å². The largest absolute Gasteiger partial charge is 0.438 e. The Labute approximate surface area is 163 Å². The molecule has 6 heteroatoms. The SMILES string of the molecule is C[C@H](O)C[C@]1(c2ccc(F)cc2)CCN([C@@H](C)c2ccc(Cl)cc2)C(=O)O1. The fourth-order valence-corrected chi connectivity index (χ4v) is 3.76. The van der Waals surface area contributed by atoms with Gasteiger partial charge in [0.2, 0.25) is 0 Å². The Morgan fingerprint density at radius 3 is 2.37 bits per heavy atom. The lowest BCUT2D eigenvalue weighted by molar-refractivity contribution is -0.0815. The van der Waals surface area contributed by atoms with Gasteiger partial charge in [0.25, 0.3) is 0 Å². The van der Waals surface area contributed by atoms with Crippen LogP contribution < -0.4 is 0 Å². The van der Waals surface area contributed by atoms with E-state index in [0.717, 1.165) is 5.56 Å².